The van der Waals surface area contributed by atoms with E-state index in [-0.39, 0.29) is 29.4 Å². The van der Waals surface area contributed by atoms with Crippen LogP contribution in [0.1, 0.15) is 61.8 Å². The lowest BCUT2D eigenvalue weighted by molar-refractivity contribution is -0.134. The first kappa shape index (κ1) is 18.7. The summed E-state index contributed by atoms with van der Waals surface area (Å²) in [7, 11) is 0. The molecule has 4 nitrogen and oxygen atoms in total. The molecule has 1 amide bonds. The third-order valence-corrected chi connectivity index (χ3v) is 3.13. The Morgan fingerprint density at radius 3 is 1.70 bits per heavy atom. The smallest absolute Gasteiger partial charge is 0.261 e. The summed E-state index contributed by atoms with van der Waals surface area (Å²) in [4.78, 5) is 26.4. The first-order chi connectivity index (χ1) is 8.87. The summed E-state index contributed by atoms with van der Waals surface area (Å²) in [6.45, 7) is 15.1. The summed E-state index contributed by atoms with van der Waals surface area (Å²) in [5.41, 5.74) is -1.10. The van der Waals surface area contributed by atoms with E-state index >= 15 is 0 Å². The molecule has 0 unspecified atom stereocenters. The molecule has 0 rings (SSSR count). The van der Waals surface area contributed by atoms with Gasteiger partial charge in [-0.25, -0.2) is 0 Å². The molecular weight excluding hydrogens is 254 g/mol. The molecule has 0 saturated heterocycles. The average molecular weight is 283 g/mol. The number of nitrogens with zero attached hydrogens (tertiary/aromatic N) is 1. The minimum Gasteiger partial charge on any atom is -0.511 e. The number of Topliss-reactive ketones (excluding diaryl/α,β-unsaturated/α-hetero) is 1. The number of rotatable bonds is 4. The number of amides is 1. The third kappa shape index (κ3) is 4.36. The molecule has 0 atom stereocenters. The van der Waals surface area contributed by atoms with Crippen molar-refractivity contribution in [2.24, 2.45) is 5.41 Å². The third-order valence-electron chi connectivity index (χ3n) is 3.13. The molecule has 0 aliphatic carbocycles. The number of allylic oxidation sites excluding steroid dienone is 1. The van der Waals surface area contributed by atoms with E-state index in [4.69, 9.17) is 0 Å². The Morgan fingerprint density at radius 1 is 1.00 bits per heavy atom. The van der Waals surface area contributed by atoms with Crippen LogP contribution in [0.2, 0.25) is 0 Å². The maximum absolute atomic E-state index is 12.7. The SMILES string of the molecule is CCC(=O)/C(C(=O)N(CC)C(C)(C)C)=C(\O)C(C)(C)C. The molecule has 0 bridgehead atoms. The topological polar surface area (TPSA) is 57.6 Å². The summed E-state index contributed by atoms with van der Waals surface area (Å²) in [6, 6.07) is 0. The zero-order valence-electron chi connectivity index (χ0n) is 14.1. The predicted octanol–water partition coefficient (Wildman–Crippen LogP) is 3.47. The van der Waals surface area contributed by atoms with Crippen LogP contribution in [-0.4, -0.2) is 33.8 Å². The molecule has 0 heterocycles. The predicted molar refractivity (Wildman–Crippen MR) is 81.5 cm³/mol. The molecule has 0 fully saturated rings. The van der Waals surface area contributed by atoms with Crippen LogP contribution >= 0.6 is 0 Å². The van der Waals surface area contributed by atoms with Crippen molar-refractivity contribution < 1.29 is 14.7 Å². The van der Waals surface area contributed by atoms with Gasteiger partial charge in [0.15, 0.2) is 5.78 Å². The molecule has 4 heteroatoms. The number of aliphatic hydroxyl groups is 1. The number of hydrogen-bond acceptors (Lipinski definition) is 3. The lowest BCUT2D eigenvalue weighted by Crippen LogP contribution is -2.47. The molecular formula is C16H29NO3. The van der Waals surface area contributed by atoms with E-state index in [0.717, 1.165) is 0 Å². The molecule has 0 aromatic heterocycles. The summed E-state index contributed by atoms with van der Waals surface area (Å²) >= 11 is 0. The highest BCUT2D eigenvalue weighted by Crippen LogP contribution is 2.28. The Balaban J connectivity index is 5.94. The van der Waals surface area contributed by atoms with Gasteiger partial charge in [0.25, 0.3) is 5.91 Å². The molecule has 116 valence electrons. The quantitative estimate of drug-likeness (QED) is 0.372. The van der Waals surface area contributed by atoms with Gasteiger partial charge >= 0.3 is 0 Å². The van der Waals surface area contributed by atoms with Crippen LogP contribution in [0.5, 0.6) is 0 Å². The Morgan fingerprint density at radius 2 is 1.45 bits per heavy atom. The Labute approximate surface area is 122 Å². The molecule has 0 spiro atoms. The molecule has 20 heavy (non-hydrogen) atoms. The van der Waals surface area contributed by atoms with Crippen molar-refractivity contribution in [3.63, 3.8) is 0 Å². The molecule has 0 aromatic carbocycles. The van der Waals surface area contributed by atoms with Gasteiger partial charge in [-0.3, -0.25) is 9.59 Å². The van der Waals surface area contributed by atoms with E-state index in [1.165, 1.54) is 0 Å². The van der Waals surface area contributed by atoms with E-state index in [0.29, 0.717) is 6.54 Å². The van der Waals surface area contributed by atoms with Crippen molar-refractivity contribution in [3.8, 4) is 0 Å². The maximum atomic E-state index is 12.7. The Hall–Kier alpha value is -1.32. The van der Waals surface area contributed by atoms with Gasteiger partial charge in [0.2, 0.25) is 0 Å². The zero-order chi connectivity index (χ0) is 16.3. The van der Waals surface area contributed by atoms with E-state index < -0.39 is 11.0 Å². The van der Waals surface area contributed by atoms with E-state index in [2.05, 4.69) is 0 Å². The van der Waals surface area contributed by atoms with Gasteiger partial charge in [-0.05, 0) is 27.7 Å². The number of hydrogen-bond donors (Lipinski definition) is 1. The molecule has 0 saturated carbocycles. The van der Waals surface area contributed by atoms with Crippen LogP contribution in [0.25, 0.3) is 0 Å². The first-order valence-electron chi connectivity index (χ1n) is 7.16. The maximum Gasteiger partial charge on any atom is 0.261 e. The summed E-state index contributed by atoms with van der Waals surface area (Å²) in [5.74, 6) is -0.832. The summed E-state index contributed by atoms with van der Waals surface area (Å²) < 4.78 is 0. The number of carbonyl (C=O) groups is 2. The van der Waals surface area contributed by atoms with Crippen molar-refractivity contribution >= 4 is 11.7 Å². The minimum absolute atomic E-state index is 0.0724. The fraction of sp³-hybridized carbons (Fsp3) is 0.750. The van der Waals surface area contributed by atoms with Crippen molar-refractivity contribution in [2.45, 2.75) is 67.3 Å². The van der Waals surface area contributed by atoms with Crippen molar-refractivity contribution in [1.82, 2.24) is 4.90 Å². The van der Waals surface area contributed by atoms with E-state index in [9.17, 15) is 14.7 Å². The van der Waals surface area contributed by atoms with Crippen LogP contribution < -0.4 is 0 Å². The second-order valence-electron chi connectivity index (χ2n) is 6.97. The summed E-state index contributed by atoms with van der Waals surface area (Å²) in [5, 5.41) is 10.3. The number of ketones is 1. The van der Waals surface area contributed by atoms with Crippen molar-refractivity contribution in [2.75, 3.05) is 6.54 Å². The van der Waals surface area contributed by atoms with Gasteiger partial charge < -0.3 is 10.0 Å². The minimum atomic E-state index is -0.632. The van der Waals surface area contributed by atoms with Gasteiger partial charge in [-0.1, -0.05) is 27.7 Å². The molecule has 1 N–H and O–H groups in total. The van der Waals surface area contributed by atoms with Crippen LogP contribution in [-0.2, 0) is 9.59 Å². The second-order valence-corrected chi connectivity index (χ2v) is 6.97. The van der Waals surface area contributed by atoms with Gasteiger partial charge in [0.1, 0.15) is 11.3 Å². The normalized spacial score (nSPS) is 13.8. The highest BCUT2D eigenvalue weighted by molar-refractivity contribution is 6.19. The average Bonchev–Trinajstić information content (AvgIpc) is 2.26. The Bertz CT molecular complexity index is 408. The van der Waals surface area contributed by atoms with Gasteiger partial charge in [0.05, 0.1) is 0 Å². The largest absolute Gasteiger partial charge is 0.511 e. The van der Waals surface area contributed by atoms with Crippen molar-refractivity contribution in [3.05, 3.63) is 11.3 Å². The van der Waals surface area contributed by atoms with Gasteiger partial charge in [-0.2, -0.15) is 0 Å². The number of carbonyl (C=O) groups excluding carboxylic acids is 2. The Kier molecular flexibility index (Phi) is 6.00. The van der Waals surface area contributed by atoms with Crippen LogP contribution in [0, 0.1) is 5.41 Å². The van der Waals surface area contributed by atoms with E-state index in [1.54, 1.807) is 32.6 Å². The van der Waals surface area contributed by atoms with E-state index in [1.807, 2.05) is 27.7 Å². The molecule has 0 radical (unpaired) electrons. The lowest BCUT2D eigenvalue weighted by Gasteiger charge is -2.36. The standard InChI is InChI=1S/C16H29NO3/c1-9-11(18)12(13(19)15(3,4)5)14(20)17(10-2)16(6,7)8/h19H,9-10H2,1-8H3/b13-12+. The van der Waals surface area contributed by atoms with Gasteiger partial charge in [0, 0.05) is 23.9 Å². The highest BCUT2D eigenvalue weighted by Gasteiger charge is 2.34. The molecule has 0 aliphatic rings. The van der Waals surface area contributed by atoms with Crippen molar-refractivity contribution in [1.29, 1.82) is 0 Å². The lowest BCUT2D eigenvalue weighted by atomic mass is 9.88. The van der Waals surface area contributed by atoms with Crippen LogP contribution in [0.3, 0.4) is 0 Å². The highest BCUT2D eigenvalue weighted by atomic mass is 16.3. The first-order valence-corrected chi connectivity index (χ1v) is 7.16. The molecule has 0 aromatic rings. The number of aliphatic hydroxyl groups excluding tert-OH is 1. The number of likely N-dealkylation sites (N-methyl/N-ethyl adjacent to an activating group) is 1. The fourth-order valence-corrected chi connectivity index (χ4v) is 1.96. The zero-order valence-corrected chi connectivity index (χ0v) is 14.1. The fourth-order valence-electron chi connectivity index (χ4n) is 1.96. The van der Waals surface area contributed by atoms with Gasteiger partial charge in [-0.15, -0.1) is 0 Å². The second kappa shape index (κ2) is 6.42. The van der Waals surface area contributed by atoms with Crippen LogP contribution in [0.15, 0.2) is 11.3 Å². The van der Waals surface area contributed by atoms with Crippen LogP contribution in [0.4, 0.5) is 0 Å². The molecule has 0 aliphatic heterocycles. The monoisotopic (exact) mass is 283 g/mol. The summed E-state index contributed by atoms with van der Waals surface area (Å²) in [6.07, 6.45) is 0.197.